The van der Waals surface area contributed by atoms with Crippen molar-refractivity contribution in [2.24, 2.45) is 0 Å². The van der Waals surface area contributed by atoms with Gasteiger partial charge in [-0.3, -0.25) is 0 Å². The number of aliphatic carboxylic acids is 1. The Hall–Kier alpha value is -2.35. The van der Waals surface area contributed by atoms with Crippen LogP contribution in [0.15, 0.2) is 18.2 Å². The van der Waals surface area contributed by atoms with E-state index in [1.165, 1.54) is 6.08 Å². The molecule has 0 aromatic carbocycles. The summed E-state index contributed by atoms with van der Waals surface area (Å²) in [6, 6.07) is 5.57. The van der Waals surface area contributed by atoms with E-state index in [4.69, 9.17) is 15.1 Å². The van der Waals surface area contributed by atoms with Gasteiger partial charge in [0.05, 0.1) is 12.7 Å². The Labute approximate surface area is 105 Å². The van der Waals surface area contributed by atoms with Crippen LogP contribution in [0.5, 0.6) is 5.75 Å². The van der Waals surface area contributed by atoms with E-state index < -0.39 is 5.97 Å². The molecule has 1 N–H and O–H groups in total. The number of hydrogen-bond acceptors (Lipinski definition) is 4. The number of carboxylic acids is 1. The second-order valence-corrected chi connectivity index (χ2v) is 3.62. The topological polar surface area (TPSA) is 83.2 Å². The molecule has 0 bridgehead atoms. The first-order chi connectivity index (χ1) is 8.63. The number of nitriles is 1. The Morgan fingerprint density at radius 2 is 2.39 bits per heavy atom. The van der Waals surface area contributed by atoms with E-state index in [2.05, 4.69) is 4.98 Å². The van der Waals surface area contributed by atoms with Gasteiger partial charge >= 0.3 is 5.97 Å². The van der Waals surface area contributed by atoms with Crippen LogP contribution in [0.4, 0.5) is 0 Å². The number of rotatable bonds is 6. The van der Waals surface area contributed by atoms with Crippen molar-refractivity contribution in [3.05, 3.63) is 29.6 Å². The van der Waals surface area contributed by atoms with Crippen molar-refractivity contribution in [3.8, 4) is 11.8 Å². The molecule has 5 nitrogen and oxygen atoms in total. The van der Waals surface area contributed by atoms with E-state index in [-0.39, 0.29) is 0 Å². The van der Waals surface area contributed by atoms with Crippen LogP contribution in [-0.4, -0.2) is 22.7 Å². The first kappa shape index (κ1) is 13.7. The first-order valence-corrected chi connectivity index (χ1v) is 5.52. The zero-order valence-corrected chi connectivity index (χ0v) is 10.1. The van der Waals surface area contributed by atoms with Gasteiger partial charge in [-0.1, -0.05) is 0 Å². The summed E-state index contributed by atoms with van der Waals surface area (Å²) in [7, 11) is 0. The Morgan fingerprint density at radius 3 is 3.06 bits per heavy atom. The summed E-state index contributed by atoms with van der Waals surface area (Å²) in [4.78, 5) is 14.7. The van der Waals surface area contributed by atoms with Gasteiger partial charge in [0.2, 0.25) is 0 Å². The lowest BCUT2D eigenvalue weighted by atomic mass is 10.2. The highest BCUT2D eigenvalue weighted by Crippen LogP contribution is 2.18. The third-order valence-corrected chi connectivity index (χ3v) is 2.10. The van der Waals surface area contributed by atoms with Crippen LogP contribution >= 0.6 is 0 Å². The molecule has 0 radical (unpaired) electrons. The fourth-order valence-electron chi connectivity index (χ4n) is 1.29. The smallest absolute Gasteiger partial charge is 0.328 e. The van der Waals surface area contributed by atoms with Crippen molar-refractivity contribution < 1.29 is 14.6 Å². The molecule has 1 aromatic rings. The SMILES string of the molecule is Cc1ccc(OCCCC#N)c(C=CC(=O)O)n1. The van der Waals surface area contributed by atoms with Crippen LogP contribution in [0.2, 0.25) is 0 Å². The van der Waals surface area contributed by atoms with Crippen LogP contribution < -0.4 is 4.74 Å². The van der Waals surface area contributed by atoms with Gasteiger partial charge in [0.1, 0.15) is 11.4 Å². The van der Waals surface area contributed by atoms with Crippen molar-refractivity contribution in [1.82, 2.24) is 4.98 Å². The molecule has 0 fully saturated rings. The third-order valence-electron chi connectivity index (χ3n) is 2.10. The van der Waals surface area contributed by atoms with Crippen LogP contribution in [0.3, 0.4) is 0 Å². The largest absolute Gasteiger partial charge is 0.491 e. The second-order valence-electron chi connectivity index (χ2n) is 3.62. The number of aryl methyl sites for hydroxylation is 1. The number of carboxylic acid groups (broad SMARTS) is 1. The molecular formula is C13H14N2O3. The van der Waals surface area contributed by atoms with E-state index in [1.807, 2.05) is 13.0 Å². The minimum atomic E-state index is -1.03. The number of nitrogens with zero attached hydrogens (tertiary/aromatic N) is 2. The molecule has 1 aromatic heterocycles. The quantitative estimate of drug-likeness (QED) is 0.614. The lowest BCUT2D eigenvalue weighted by Gasteiger charge is -2.08. The minimum absolute atomic E-state index is 0.409. The number of aromatic nitrogens is 1. The van der Waals surface area contributed by atoms with Crippen LogP contribution in [0.25, 0.3) is 6.08 Å². The maximum Gasteiger partial charge on any atom is 0.328 e. The molecule has 0 aliphatic carbocycles. The minimum Gasteiger partial charge on any atom is -0.491 e. The normalized spacial score (nSPS) is 10.2. The average Bonchev–Trinajstić information content (AvgIpc) is 2.34. The zero-order valence-electron chi connectivity index (χ0n) is 10.1. The molecule has 0 aliphatic rings. The van der Waals surface area contributed by atoms with Gasteiger partial charge in [-0.2, -0.15) is 5.26 Å². The van der Waals surface area contributed by atoms with E-state index in [9.17, 15) is 4.79 Å². The number of ether oxygens (including phenoxy) is 1. The molecule has 1 heterocycles. The molecule has 0 saturated heterocycles. The van der Waals surface area contributed by atoms with Crippen molar-refractivity contribution in [1.29, 1.82) is 5.26 Å². The highest BCUT2D eigenvalue weighted by atomic mass is 16.5. The molecule has 0 amide bonds. The Morgan fingerprint density at radius 1 is 1.61 bits per heavy atom. The lowest BCUT2D eigenvalue weighted by Crippen LogP contribution is -2.00. The average molecular weight is 246 g/mol. The summed E-state index contributed by atoms with van der Waals surface area (Å²) in [5, 5.41) is 17.0. The Balaban J connectivity index is 2.77. The highest BCUT2D eigenvalue weighted by Gasteiger charge is 2.03. The molecule has 0 aliphatic heterocycles. The molecule has 0 saturated carbocycles. The third kappa shape index (κ3) is 4.66. The van der Waals surface area contributed by atoms with Crippen LogP contribution in [0.1, 0.15) is 24.2 Å². The summed E-state index contributed by atoms with van der Waals surface area (Å²) >= 11 is 0. The first-order valence-electron chi connectivity index (χ1n) is 5.52. The molecular weight excluding hydrogens is 232 g/mol. The van der Waals surface area contributed by atoms with Gasteiger partial charge in [-0.15, -0.1) is 0 Å². The van der Waals surface area contributed by atoms with Gasteiger partial charge < -0.3 is 9.84 Å². The zero-order chi connectivity index (χ0) is 13.4. The van der Waals surface area contributed by atoms with Gasteiger partial charge in [0.15, 0.2) is 0 Å². The van der Waals surface area contributed by atoms with Crippen molar-refractivity contribution in [2.45, 2.75) is 19.8 Å². The summed E-state index contributed by atoms with van der Waals surface area (Å²) in [6.07, 6.45) is 3.48. The molecule has 94 valence electrons. The van der Waals surface area contributed by atoms with Crippen molar-refractivity contribution >= 4 is 12.0 Å². The van der Waals surface area contributed by atoms with Crippen LogP contribution in [-0.2, 0) is 4.79 Å². The second kappa shape index (κ2) is 7.07. The molecule has 0 unspecified atom stereocenters. The van der Waals surface area contributed by atoms with E-state index in [0.717, 1.165) is 11.8 Å². The van der Waals surface area contributed by atoms with Crippen molar-refractivity contribution in [3.63, 3.8) is 0 Å². The predicted molar refractivity (Wildman–Crippen MR) is 66.0 cm³/mol. The van der Waals surface area contributed by atoms with Gasteiger partial charge in [-0.25, -0.2) is 9.78 Å². The Bertz CT molecular complexity index is 489. The number of carbonyl (C=O) groups is 1. The van der Waals surface area contributed by atoms with Gasteiger partial charge in [0.25, 0.3) is 0 Å². The fourth-order valence-corrected chi connectivity index (χ4v) is 1.29. The molecule has 5 heteroatoms. The Kier molecular flexibility index (Phi) is 5.39. The summed E-state index contributed by atoms with van der Waals surface area (Å²) in [5.41, 5.74) is 1.26. The molecule has 1 rings (SSSR count). The maximum atomic E-state index is 10.5. The number of unbranched alkanes of at least 4 members (excludes halogenated alkanes) is 1. The fraction of sp³-hybridized carbons (Fsp3) is 0.308. The number of pyridine rings is 1. The van der Waals surface area contributed by atoms with E-state index in [1.54, 1.807) is 12.1 Å². The van der Waals surface area contributed by atoms with Gasteiger partial charge in [-0.05, 0) is 31.6 Å². The van der Waals surface area contributed by atoms with Crippen LogP contribution in [0, 0.1) is 18.3 Å². The van der Waals surface area contributed by atoms with Crippen molar-refractivity contribution in [2.75, 3.05) is 6.61 Å². The highest BCUT2D eigenvalue weighted by molar-refractivity contribution is 5.85. The summed E-state index contributed by atoms with van der Waals surface area (Å²) < 4.78 is 5.47. The van der Waals surface area contributed by atoms with E-state index in [0.29, 0.717) is 30.9 Å². The number of hydrogen-bond donors (Lipinski definition) is 1. The van der Waals surface area contributed by atoms with Gasteiger partial charge in [0, 0.05) is 18.2 Å². The lowest BCUT2D eigenvalue weighted by molar-refractivity contribution is -0.131. The standard InChI is InChI=1S/C13H14N2O3/c1-10-4-6-12(18-9-3-2-8-14)11(15-10)5-7-13(16)17/h4-7H,2-3,9H2,1H3,(H,16,17). The molecule has 0 spiro atoms. The summed E-state index contributed by atoms with van der Waals surface area (Å²) in [5.74, 6) is -0.509. The molecule has 0 atom stereocenters. The maximum absolute atomic E-state index is 10.5. The van der Waals surface area contributed by atoms with E-state index >= 15 is 0 Å². The summed E-state index contributed by atoms with van der Waals surface area (Å²) in [6.45, 7) is 2.23. The molecule has 18 heavy (non-hydrogen) atoms. The predicted octanol–water partition coefficient (Wildman–Crippen LogP) is 2.17. The monoisotopic (exact) mass is 246 g/mol.